The Bertz CT molecular complexity index is 514. The third-order valence-electron chi connectivity index (χ3n) is 4.27. The van der Waals surface area contributed by atoms with E-state index in [1.165, 1.54) is 0 Å². The van der Waals surface area contributed by atoms with Gasteiger partial charge in [0, 0.05) is 44.7 Å². The summed E-state index contributed by atoms with van der Waals surface area (Å²) in [6.45, 7) is 6.11. The Hall–Kier alpha value is -1.15. The van der Waals surface area contributed by atoms with E-state index in [2.05, 4.69) is 15.2 Å². The number of carbonyl (C=O) groups excluding carboxylic acids is 1. The van der Waals surface area contributed by atoms with Crippen LogP contribution in [0.5, 0.6) is 0 Å². The predicted octanol–water partition coefficient (Wildman–Crippen LogP) is 1.41. The van der Waals surface area contributed by atoms with E-state index in [0.717, 1.165) is 63.1 Å². The summed E-state index contributed by atoms with van der Waals surface area (Å²) in [5.41, 5.74) is 0.602. The number of nitrogens with zero attached hydrogens (tertiary/aromatic N) is 2. The normalized spacial score (nSPS) is 21.8. The molecule has 6 nitrogen and oxygen atoms in total. The van der Waals surface area contributed by atoms with Gasteiger partial charge in [-0.05, 0) is 25.0 Å². The van der Waals surface area contributed by atoms with Crippen LogP contribution >= 0.6 is 11.8 Å². The first-order valence-corrected chi connectivity index (χ1v) is 9.58. The number of aromatic nitrogens is 1. The van der Waals surface area contributed by atoms with Crippen molar-refractivity contribution in [1.29, 1.82) is 0 Å². The van der Waals surface area contributed by atoms with Crippen molar-refractivity contribution in [3.05, 3.63) is 23.9 Å². The average Bonchev–Trinajstić information content (AvgIpc) is 3.15. The highest BCUT2D eigenvalue weighted by Gasteiger charge is 2.16. The van der Waals surface area contributed by atoms with Crippen molar-refractivity contribution in [1.82, 2.24) is 15.2 Å². The second kappa shape index (κ2) is 9.36. The van der Waals surface area contributed by atoms with Crippen LogP contribution in [0, 0.1) is 0 Å². The molecule has 0 spiro atoms. The number of carbonyl (C=O) groups is 1. The third kappa shape index (κ3) is 5.44. The highest BCUT2D eigenvalue weighted by Crippen LogP contribution is 2.16. The molecule has 1 atom stereocenters. The lowest BCUT2D eigenvalue weighted by Crippen LogP contribution is -2.37. The molecular formula is C17H25N3O3S. The standard InChI is InChI=1S/C17H25N3O3S/c21-17(19-13-15-2-1-8-23-15)14-3-4-16(18-12-14)24-11-7-20-5-9-22-10-6-20/h3-4,12,15H,1-2,5-11,13H2,(H,19,21)/t15-/m1/s1. The first kappa shape index (κ1) is 17.7. The van der Waals surface area contributed by atoms with E-state index in [1.807, 2.05) is 12.1 Å². The van der Waals surface area contributed by atoms with Crippen molar-refractivity contribution in [2.75, 3.05) is 51.8 Å². The quantitative estimate of drug-likeness (QED) is 0.750. The number of nitrogens with one attached hydrogen (secondary N) is 1. The lowest BCUT2D eigenvalue weighted by molar-refractivity contribution is 0.0410. The Morgan fingerprint density at radius 3 is 2.92 bits per heavy atom. The van der Waals surface area contributed by atoms with Crippen molar-refractivity contribution in [2.24, 2.45) is 0 Å². The Morgan fingerprint density at radius 1 is 1.33 bits per heavy atom. The summed E-state index contributed by atoms with van der Waals surface area (Å²) in [4.78, 5) is 18.9. The van der Waals surface area contributed by atoms with E-state index < -0.39 is 0 Å². The monoisotopic (exact) mass is 351 g/mol. The van der Waals surface area contributed by atoms with Crippen LogP contribution in [0.25, 0.3) is 0 Å². The Morgan fingerprint density at radius 2 is 2.21 bits per heavy atom. The van der Waals surface area contributed by atoms with Crippen molar-refractivity contribution in [3.8, 4) is 0 Å². The third-order valence-corrected chi connectivity index (χ3v) is 5.20. The van der Waals surface area contributed by atoms with Gasteiger partial charge >= 0.3 is 0 Å². The van der Waals surface area contributed by atoms with Gasteiger partial charge in [0.25, 0.3) is 5.91 Å². The molecule has 1 aromatic heterocycles. The molecule has 24 heavy (non-hydrogen) atoms. The van der Waals surface area contributed by atoms with Crippen LogP contribution in [-0.4, -0.2) is 73.6 Å². The van der Waals surface area contributed by atoms with Crippen LogP contribution in [0.2, 0.25) is 0 Å². The van der Waals surface area contributed by atoms with Crippen molar-refractivity contribution < 1.29 is 14.3 Å². The van der Waals surface area contributed by atoms with Gasteiger partial charge in [-0.25, -0.2) is 4.98 Å². The predicted molar refractivity (Wildman–Crippen MR) is 93.5 cm³/mol. The number of thioether (sulfide) groups is 1. The Kier molecular flexibility index (Phi) is 6.89. The van der Waals surface area contributed by atoms with Crippen LogP contribution in [0.15, 0.2) is 23.4 Å². The molecule has 2 fully saturated rings. The first-order valence-electron chi connectivity index (χ1n) is 8.60. The Labute approximate surface area is 147 Å². The lowest BCUT2D eigenvalue weighted by atomic mass is 10.2. The summed E-state index contributed by atoms with van der Waals surface area (Å²) in [6.07, 6.45) is 3.93. The van der Waals surface area contributed by atoms with Crippen LogP contribution in [0.4, 0.5) is 0 Å². The maximum absolute atomic E-state index is 12.1. The van der Waals surface area contributed by atoms with Gasteiger partial charge in [0.1, 0.15) is 0 Å². The summed E-state index contributed by atoms with van der Waals surface area (Å²) < 4.78 is 10.9. The summed E-state index contributed by atoms with van der Waals surface area (Å²) in [5, 5.41) is 3.87. The molecule has 3 rings (SSSR count). The van der Waals surface area contributed by atoms with Gasteiger partial charge < -0.3 is 14.8 Å². The second-order valence-corrected chi connectivity index (χ2v) is 7.15. The fourth-order valence-corrected chi connectivity index (χ4v) is 3.67. The molecule has 1 N–H and O–H groups in total. The summed E-state index contributed by atoms with van der Waals surface area (Å²) in [6, 6.07) is 3.76. The maximum Gasteiger partial charge on any atom is 0.252 e. The number of hydrogen-bond acceptors (Lipinski definition) is 6. The smallest absolute Gasteiger partial charge is 0.252 e. The second-order valence-electron chi connectivity index (χ2n) is 6.03. The Balaban J connectivity index is 1.38. The van der Waals surface area contributed by atoms with Gasteiger partial charge in [0.15, 0.2) is 0 Å². The van der Waals surface area contributed by atoms with E-state index in [9.17, 15) is 4.79 Å². The van der Waals surface area contributed by atoms with Crippen molar-refractivity contribution in [2.45, 2.75) is 24.0 Å². The van der Waals surface area contributed by atoms with Crippen LogP contribution in [0.3, 0.4) is 0 Å². The number of ether oxygens (including phenoxy) is 2. The average molecular weight is 351 g/mol. The van der Waals surface area contributed by atoms with Crippen LogP contribution in [0.1, 0.15) is 23.2 Å². The molecule has 2 aliphatic rings. The molecule has 0 radical (unpaired) electrons. The molecule has 2 saturated heterocycles. The molecule has 1 amide bonds. The fraction of sp³-hybridized carbons (Fsp3) is 0.647. The lowest BCUT2D eigenvalue weighted by Gasteiger charge is -2.26. The van der Waals surface area contributed by atoms with Crippen molar-refractivity contribution >= 4 is 17.7 Å². The van der Waals surface area contributed by atoms with E-state index in [0.29, 0.717) is 12.1 Å². The number of morpholine rings is 1. The summed E-state index contributed by atoms with van der Waals surface area (Å²) in [7, 11) is 0. The van der Waals surface area contributed by atoms with Crippen LogP contribution < -0.4 is 5.32 Å². The van der Waals surface area contributed by atoms with E-state index >= 15 is 0 Å². The number of amides is 1. The van der Waals surface area contributed by atoms with Gasteiger partial charge in [0.05, 0.1) is 29.9 Å². The highest BCUT2D eigenvalue weighted by molar-refractivity contribution is 7.99. The number of hydrogen-bond donors (Lipinski definition) is 1. The van der Waals surface area contributed by atoms with Crippen LogP contribution in [-0.2, 0) is 9.47 Å². The van der Waals surface area contributed by atoms with Gasteiger partial charge in [0.2, 0.25) is 0 Å². The number of pyridine rings is 1. The minimum Gasteiger partial charge on any atom is -0.379 e. The molecule has 0 unspecified atom stereocenters. The molecule has 3 heterocycles. The topological polar surface area (TPSA) is 63.7 Å². The SMILES string of the molecule is O=C(NC[C@H]1CCCO1)c1ccc(SCCN2CCOCC2)nc1. The van der Waals surface area contributed by atoms with Gasteiger partial charge in [-0.15, -0.1) is 11.8 Å². The molecule has 0 bridgehead atoms. The summed E-state index contributed by atoms with van der Waals surface area (Å²) >= 11 is 1.72. The molecule has 1 aromatic rings. The molecule has 0 aliphatic carbocycles. The molecule has 132 valence electrons. The zero-order valence-corrected chi connectivity index (χ0v) is 14.7. The van der Waals surface area contributed by atoms with Gasteiger partial charge in [-0.3, -0.25) is 9.69 Å². The first-order chi connectivity index (χ1) is 11.8. The molecular weight excluding hydrogens is 326 g/mol. The molecule has 7 heteroatoms. The zero-order chi connectivity index (χ0) is 16.6. The van der Waals surface area contributed by atoms with Gasteiger partial charge in [-0.1, -0.05) is 0 Å². The van der Waals surface area contributed by atoms with E-state index in [1.54, 1.807) is 18.0 Å². The minimum atomic E-state index is -0.0807. The van der Waals surface area contributed by atoms with E-state index in [-0.39, 0.29) is 12.0 Å². The highest BCUT2D eigenvalue weighted by atomic mass is 32.2. The van der Waals surface area contributed by atoms with Gasteiger partial charge in [-0.2, -0.15) is 0 Å². The largest absolute Gasteiger partial charge is 0.379 e. The summed E-state index contributed by atoms with van der Waals surface area (Å²) in [5.74, 6) is 0.917. The minimum absolute atomic E-state index is 0.0807. The maximum atomic E-state index is 12.1. The molecule has 0 saturated carbocycles. The molecule has 0 aromatic carbocycles. The number of rotatable bonds is 7. The van der Waals surface area contributed by atoms with E-state index in [4.69, 9.17) is 9.47 Å². The molecule has 2 aliphatic heterocycles. The zero-order valence-electron chi connectivity index (χ0n) is 13.9. The fourth-order valence-electron chi connectivity index (χ4n) is 2.82. The van der Waals surface area contributed by atoms with Crippen molar-refractivity contribution in [3.63, 3.8) is 0 Å².